The van der Waals surface area contributed by atoms with Gasteiger partial charge >= 0.3 is 0 Å². The third-order valence-corrected chi connectivity index (χ3v) is 5.13. The number of imide groups is 1. The topological polar surface area (TPSA) is 79.2 Å². The maximum atomic E-state index is 12.5. The molecule has 2 bridgehead atoms. The molecule has 0 aromatic heterocycles. The summed E-state index contributed by atoms with van der Waals surface area (Å²) in [5, 5.41) is 15.1. The molecule has 0 radical (unpaired) electrons. The van der Waals surface area contributed by atoms with E-state index >= 15 is 0 Å². The van der Waals surface area contributed by atoms with Crippen molar-refractivity contribution in [1.29, 1.82) is 0 Å². The first-order chi connectivity index (χ1) is 12.0. The predicted molar refractivity (Wildman–Crippen MR) is 91.0 cm³/mol. The lowest BCUT2D eigenvalue weighted by Gasteiger charge is -2.13. The Bertz CT molecular complexity index is 769. The van der Waals surface area contributed by atoms with Gasteiger partial charge < -0.3 is 9.84 Å². The van der Waals surface area contributed by atoms with E-state index in [-0.39, 0.29) is 47.3 Å². The Morgan fingerprint density at radius 1 is 1.20 bits per heavy atom. The monoisotopic (exact) mass is 340 g/mol. The number of benzene rings is 1. The molecule has 1 saturated heterocycles. The number of amides is 2. The number of carbonyl (C=O) groups excluding carboxylic acids is 2. The van der Waals surface area contributed by atoms with E-state index in [1.165, 1.54) is 12.3 Å². The summed E-state index contributed by atoms with van der Waals surface area (Å²) in [6, 6.07) is 4.86. The van der Waals surface area contributed by atoms with Crippen molar-refractivity contribution in [2.45, 2.75) is 26.4 Å². The van der Waals surface area contributed by atoms with E-state index in [0.717, 1.165) is 11.4 Å². The summed E-state index contributed by atoms with van der Waals surface area (Å²) in [5.41, 5.74) is 0.426. The van der Waals surface area contributed by atoms with Crippen LogP contribution in [0.4, 0.5) is 0 Å². The number of nitrogens with zero attached hydrogens (tertiary/aromatic N) is 2. The van der Waals surface area contributed by atoms with Crippen LogP contribution in [0.2, 0.25) is 0 Å². The van der Waals surface area contributed by atoms with E-state index in [1.54, 1.807) is 12.1 Å². The molecule has 6 nitrogen and oxygen atoms in total. The highest BCUT2D eigenvalue weighted by Gasteiger charge is 2.59. The van der Waals surface area contributed by atoms with E-state index in [1.807, 2.05) is 26.0 Å². The average Bonchev–Trinajstić information content (AvgIpc) is 3.22. The molecule has 6 heteroatoms. The Balaban J connectivity index is 1.53. The molecule has 1 aliphatic heterocycles. The maximum Gasteiger partial charge on any atom is 0.254 e. The Hall–Kier alpha value is -2.63. The van der Waals surface area contributed by atoms with Crippen LogP contribution in [0.3, 0.4) is 0 Å². The molecule has 130 valence electrons. The lowest BCUT2D eigenvalue weighted by Crippen LogP contribution is -2.28. The number of aromatic hydroxyl groups is 1. The number of phenols is 1. The zero-order valence-electron chi connectivity index (χ0n) is 14.1. The number of fused-ring (bicyclic) bond motifs is 5. The van der Waals surface area contributed by atoms with Gasteiger partial charge in [-0.1, -0.05) is 12.2 Å². The first kappa shape index (κ1) is 15.9. The van der Waals surface area contributed by atoms with Crippen LogP contribution in [0.25, 0.3) is 0 Å². The van der Waals surface area contributed by atoms with Crippen molar-refractivity contribution in [2.24, 2.45) is 28.8 Å². The molecule has 25 heavy (non-hydrogen) atoms. The van der Waals surface area contributed by atoms with Gasteiger partial charge in [0.05, 0.1) is 24.2 Å². The minimum atomic E-state index is -0.268. The smallest absolute Gasteiger partial charge is 0.254 e. The molecule has 4 rings (SSSR count). The van der Waals surface area contributed by atoms with E-state index in [2.05, 4.69) is 5.10 Å². The second-order valence-electron chi connectivity index (χ2n) is 7.12. The number of hydrazone groups is 1. The second-order valence-corrected chi connectivity index (χ2v) is 7.12. The summed E-state index contributed by atoms with van der Waals surface area (Å²) in [6.07, 6.45) is 6.33. The van der Waals surface area contributed by atoms with Gasteiger partial charge in [-0.15, -0.1) is 0 Å². The zero-order valence-corrected chi connectivity index (χ0v) is 14.1. The molecule has 2 amide bonds. The third kappa shape index (κ3) is 2.52. The third-order valence-electron chi connectivity index (χ3n) is 5.13. The molecule has 1 aromatic rings. The molecule has 0 unspecified atom stereocenters. The van der Waals surface area contributed by atoms with Crippen LogP contribution in [0.5, 0.6) is 11.5 Å². The van der Waals surface area contributed by atoms with Crippen molar-refractivity contribution in [3.8, 4) is 11.5 Å². The molecule has 1 saturated carbocycles. The molecule has 1 aromatic carbocycles. The number of hydrogen-bond donors (Lipinski definition) is 1. The Labute approximate surface area is 145 Å². The summed E-state index contributed by atoms with van der Waals surface area (Å²) in [5.74, 6) is -0.145. The molecule has 3 aliphatic rings. The number of allylic oxidation sites excluding steroid dienone is 2. The normalized spacial score (nSPS) is 30.1. The first-order valence-electron chi connectivity index (χ1n) is 8.55. The summed E-state index contributed by atoms with van der Waals surface area (Å²) in [4.78, 5) is 25.1. The van der Waals surface area contributed by atoms with Crippen molar-refractivity contribution in [3.05, 3.63) is 35.9 Å². The fraction of sp³-hybridized carbons (Fsp3) is 0.421. The van der Waals surface area contributed by atoms with Crippen molar-refractivity contribution < 1.29 is 19.4 Å². The van der Waals surface area contributed by atoms with Crippen molar-refractivity contribution in [2.75, 3.05) is 0 Å². The lowest BCUT2D eigenvalue weighted by molar-refractivity contribution is -0.140. The van der Waals surface area contributed by atoms with E-state index in [9.17, 15) is 14.7 Å². The van der Waals surface area contributed by atoms with Gasteiger partial charge in [-0.2, -0.15) is 10.1 Å². The highest BCUT2D eigenvalue weighted by atomic mass is 16.5. The number of ether oxygens (including phenoxy) is 1. The molecule has 4 atom stereocenters. The number of hydrogen-bond acceptors (Lipinski definition) is 5. The fourth-order valence-corrected chi connectivity index (χ4v) is 4.10. The number of rotatable bonds is 4. The minimum absolute atomic E-state index is 0.00199. The molecular formula is C19H20N2O4. The van der Waals surface area contributed by atoms with Gasteiger partial charge in [0.15, 0.2) is 0 Å². The van der Waals surface area contributed by atoms with Crippen LogP contribution < -0.4 is 4.74 Å². The van der Waals surface area contributed by atoms with E-state index in [0.29, 0.717) is 11.3 Å². The van der Waals surface area contributed by atoms with Crippen molar-refractivity contribution in [1.82, 2.24) is 5.01 Å². The molecule has 0 spiro atoms. The number of phenolic OH excluding ortho intramolecular Hbond substituents is 1. The van der Waals surface area contributed by atoms with Gasteiger partial charge in [0.2, 0.25) is 0 Å². The van der Waals surface area contributed by atoms with E-state index in [4.69, 9.17) is 4.74 Å². The van der Waals surface area contributed by atoms with Crippen LogP contribution in [-0.2, 0) is 9.59 Å². The van der Waals surface area contributed by atoms with Crippen molar-refractivity contribution in [3.63, 3.8) is 0 Å². The molecule has 2 aliphatic carbocycles. The van der Waals surface area contributed by atoms with Gasteiger partial charge in [0.25, 0.3) is 11.8 Å². The van der Waals surface area contributed by atoms with Crippen LogP contribution in [-0.4, -0.2) is 34.2 Å². The Morgan fingerprint density at radius 3 is 2.40 bits per heavy atom. The van der Waals surface area contributed by atoms with Crippen LogP contribution in [0.1, 0.15) is 25.8 Å². The average molecular weight is 340 g/mol. The van der Waals surface area contributed by atoms with Gasteiger partial charge in [0, 0.05) is 11.6 Å². The largest absolute Gasteiger partial charge is 0.507 e. The minimum Gasteiger partial charge on any atom is -0.507 e. The van der Waals surface area contributed by atoms with E-state index < -0.39 is 0 Å². The lowest BCUT2D eigenvalue weighted by atomic mass is 9.85. The molecular weight excluding hydrogens is 320 g/mol. The summed E-state index contributed by atoms with van der Waals surface area (Å²) < 4.78 is 5.51. The van der Waals surface area contributed by atoms with Gasteiger partial charge in [-0.05, 0) is 44.2 Å². The second kappa shape index (κ2) is 5.72. The number of carbonyl (C=O) groups is 2. The van der Waals surface area contributed by atoms with Gasteiger partial charge in [-0.25, -0.2) is 0 Å². The van der Waals surface area contributed by atoms with Gasteiger partial charge in [-0.3, -0.25) is 9.59 Å². The molecule has 1 heterocycles. The quantitative estimate of drug-likeness (QED) is 0.518. The standard InChI is InChI=1S/C19H20N2O4/c1-10(2)25-14-6-5-13(15(22)8-14)9-20-21-18(23)16-11-3-4-12(7-11)17(16)19(21)24/h3-6,8-12,16-17,22H,7H2,1-2H3/b20-9-/t11-,12-,16+,17+/m0/s1. The fourth-order valence-electron chi connectivity index (χ4n) is 4.10. The maximum absolute atomic E-state index is 12.5. The Morgan fingerprint density at radius 2 is 1.84 bits per heavy atom. The summed E-state index contributed by atoms with van der Waals surface area (Å²) in [7, 11) is 0. The molecule has 2 fully saturated rings. The summed E-state index contributed by atoms with van der Waals surface area (Å²) >= 11 is 0. The highest BCUT2D eigenvalue weighted by molar-refractivity contribution is 6.06. The predicted octanol–water partition coefficient (Wildman–Crippen LogP) is 2.32. The van der Waals surface area contributed by atoms with Crippen molar-refractivity contribution >= 4 is 18.0 Å². The SMILES string of the molecule is CC(C)Oc1ccc(/C=N\N2C(=O)[C@H]3[C@H](C2=O)[C@H]2C=C[C@H]3C2)c(O)c1. The van der Waals surface area contributed by atoms with Crippen LogP contribution in [0, 0.1) is 23.7 Å². The van der Waals surface area contributed by atoms with Crippen LogP contribution >= 0.6 is 0 Å². The molecule has 1 N–H and O–H groups in total. The first-order valence-corrected chi connectivity index (χ1v) is 8.55. The zero-order chi connectivity index (χ0) is 17.7. The van der Waals surface area contributed by atoms with Gasteiger partial charge in [0.1, 0.15) is 11.5 Å². The van der Waals surface area contributed by atoms with Crippen LogP contribution in [0.15, 0.2) is 35.5 Å². The highest BCUT2D eigenvalue weighted by Crippen LogP contribution is 2.52. The summed E-state index contributed by atoms with van der Waals surface area (Å²) in [6.45, 7) is 3.80. The Kier molecular flexibility index (Phi) is 3.63.